The van der Waals surface area contributed by atoms with Crippen molar-refractivity contribution in [2.24, 2.45) is 5.92 Å². The summed E-state index contributed by atoms with van der Waals surface area (Å²) in [6.07, 6.45) is 16.9. The molecule has 0 aromatic heterocycles. The molecule has 4 heteroatoms. The van der Waals surface area contributed by atoms with Gasteiger partial charge in [0.05, 0.1) is 6.42 Å². The van der Waals surface area contributed by atoms with E-state index in [1.807, 2.05) is 30.3 Å². The molecule has 30 heavy (non-hydrogen) atoms. The molecular weight excluding hydrogens is 374 g/mol. The van der Waals surface area contributed by atoms with Crippen LogP contribution in [0.3, 0.4) is 0 Å². The molecule has 0 aliphatic heterocycles. The van der Waals surface area contributed by atoms with Gasteiger partial charge in [0.2, 0.25) is 5.91 Å². The molecule has 0 saturated heterocycles. The van der Waals surface area contributed by atoms with Gasteiger partial charge in [0, 0.05) is 12.6 Å². The van der Waals surface area contributed by atoms with Gasteiger partial charge >= 0.3 is 5.97 Å². The van der Waals surface area contributed by atoms with Crippen molar-refractivity contribution in [2.75, 3.05) is 6.54 Å². The van der Waals surface area contributed by atoms with Crippen molar-refractivity contribution in [3.8, 4) is 0 Å². The van der Waals surface area contributed by atoms with Crippen molar-refractivity contribution < 1.29 is 14.3 Å². The van der Waals surface area contributed by atoms with E-state index in [-0.39, 0.29) is 24.4 Å². The zero-order valence-electron chi connectivity index (χ0n) is 18.6. The van der Waals surface area contributed by atoms with Gasteiger partial charge in [0.25, 0.3) is 0 Å². The predicted octanol–water partition coefficient (Wildman–Crippen LogP) is 6.06. The lowest BCUT2D eigenvalue weighted by molar-refractivity contribution is -0.150. The summed E-state index contributed by atoms with van der Waals surface area (Å²) >= 11 is 0. The van der Waals surface area contributed by atoms with Crippen LogP contribution >= 0.6 is 0 Å². The Bertz CT molecular complexity index is 641. The summed E-state index contributed by atoms with van der Waals surface area (Å²) in [5.74, 6) is 0.192. The molecule has 1 amide bonds. The van der Waals surface area contributed by atoms with Crippen LogP contribution in [0.15, 0.2) is 36.4 Å². The fraction of sp³-hybridized carbons (Fsp3) is 0.615. The molecule has 1 aromatic rings. The Morgan fingerprint density at radius 2 is 1.60 bits per heavy atom. The molecule has 2 unspecified atom stereocenters. The number of esters is 1. The van der Waals surface area contributed by atoms with Crippen molar-refractivity contribution >= 4 is 18.0 Å². The van der Waals surface area contributed by atoms with Gasteiger partial charge in [-0.15, -0.1) is 0 Å². The Morgan fingerprint density at radius 1 is 0.967 bits per heavy atom. The molecule has 166 valence electrons. The molecule has 1 aliphatic rings. The van der Waals surface area contributed by atoms with Crippen molar-refractivity contribution in [2.45, 2.75) is 90.1 Å². The zero-order chi connectivity index (χ0) is 21.4. The van der Waals surface area contributed by atoms with Gasteiger partial charge in [0.15, 0.2) is 0 Å². The Hall–Kier alpha value is -2.10. The maximum Gasteiger partial charge on any atom is 0.307 e. The SMILES string of the molecule is CC1CCCCCCCCCCC(OC(=O)CCNC(=O)/C=C/c2ccccc2)C1. The molecule has 1 aliphatic carbocycles. The molecule has 1 saturated carbocycles. The maximum absolute atomic E-state index is 12.3. The largest absolute Gasteiger partial charge is 0.462 e. The number of hydrogen-bond acceptors (Lipinski definition) is 3. The molecule has 0 bridgehead atoms. The number of nitrogens with one attached hydrogen (secondary N) is 1. The lowest BCUT2D eigenvalue weighted by atomic mass is 9.94. The highest BCUT2D eigenvalue weighted by Gasteiger charge is 2.18. The van der Waals surface area contributed by atoms with Crippen LogP contribution < -0.4 is 5.32 Å². The van der Waals surface area contributed by atoms with Crippen LogP contribution in [0.5, 0.6) is 0 Å². The number of benzene rings is 1. The number of hydrogen-bond donors (Lipinski definition) is 1. The number of rotatable bonds is 6. The minimum atomic E-state index is -0.205. The topological polar surface area (TPSA) is 55.4 Å². The van der Waals surface area contributed by atoms with Crippen LogP contribution in [0, 0.1) is 5.92 Å². The average Bonchev–Trinajstić information content (AvgIpc) is 2.75. The van der Waals surface area contributed by atoms with Crippen LogP contribution in [0.2, 0.25) is 0 Å². The Labute approximate surface area is 182 Å². The van der Waals surface area contributed by atoms with Crippen LogP contribution in [0.25, 0.3) is 6.08 Å². The normalized spacial score (nSPS) is 21.8. The van der Waals surface area contributed by atoms with Crippen LogP contribution in [-0.2, 0) is 14.3 Å². The van der Waals surface area contributed by atoms with Gasteiger partial charge in [-0.25, -0.2) is 0 Å². The summed E-state index contributed by atoms with van der Waals surface area (Å²) in [5, 5.41) is 2.77. The first-order valence-electron chi connectivity index (χ1n) is 11.8. The van der Waals surface area contributed by atoms with E-state index in [0.29, 0.717) is 12.5 Å². The van der Waals surface area contributed by atoms with Crippen LogP contribution in [0.4, 0.5) is 0 Å². The Balaban J connectivity index is 1.70. The Kier molecular flexibility index (Phi) is 11.9. The molecule has 1 N–H and O–H groups in total. The third kappa shape index (κ3) is 11.2. The highest BCUT2D eigenvalue weighted by atomic mass is 16.5. The van der Waals surface area contributed by atoms with Gasteiger partial charge < -0.3 is 10.1 Å². The second-order valence-electron chi connectivity index (χ2n) is 8.64. The minimum absolute atomic E-state index is 0.0157. The molecule has 0 spiro atoms. The highest BCUT2D eigenvalue weighted by molar-refractivity contribution is 5.91. The van der Waals surface area contributed by atoms with E-state index < -0.39 is 0 Å². The first-order chi connectivity index (χ1) is 14.6. The first kappa shape index (κ1) is 24.2. The Morgan fingerprint density at radius 3 is 2.30 bits per heavy atom. The highest BCUT2D eigenvalue weighted by Crippen LogP contribution is 2.22. The molecule has 2 rings (SSSR count). The number of carbonyl (C=O) groups is 2. The van der Waals surface area contributed by atoms with Crippen molar-refractivity contribution in [1.82, 2.24) is 5.32 Å². The van der Waals surface area contributed by atoms with E-state index in [0.717, 1.165) is 24.8 Å². The molecular formula is C26H39NO3. The second-order valence-corrected chi connectivity index (χ2v) is 8.64. The van der Waals surface area contributed by atoms with Gasteiger partial charge in [-0.3, -0.25) is 9.59 Å². The van der Waals surface area contributed by atoms with E-state index in [2.05, 4.69) is 12.2 Å². The van der Waals surface area contributed by atoms with Crippen molar-refractivity contribution in [1.29, 1.82) is 0 Å². The van der Waals surface area contributed by atoms with Crippen LogP contribution in [-0.4, -0.2) is 24.5 Å². The summed E-state index contributed by atoms with van der Waals surface area (Å²) in [5.41, 5.74) is 0.972. The van der Waals surface area contributed by atoms with Gasteiger partial charge in [-0.1, -0.05) is 88.6 Å². The molecule has 2 atom stereocenters. The molecule has 1 fully saturated rings. The predicted molar refractivity (Wildman–Crippen MR) is 123 cm³/mol. The van der Waals surface area contributed by atoms with E-state index in [1.54, 1.807) is 6.08 Å². The molecule has 0 radical (unpaired) electrons. The van der Waals surface area contributed by atoms with Gasteiger partial charge in [0.1, 0.15) is 6.10 Å². The second kappa shape index (κ2) is 14.8. The third-order valence-corrected chi connectivity index (χ3v) is 5.79. The fourth-order valence-corrected chi connectivity index (χ4v) is 4.04. The van der Waals surface area contributed by atoms with Crippen molar-refractivity contribution in [3.63, 3.8) is 0 Å². The summed E-state index contributed by atoms with van der Waals surface area (Å²) in [7, 11) is 0. The van der Waals surface area contributed by atoms with Crippen LogP contribution in [0.1, 0.15) is 89.5 Å². The van der Waals surface area contributed by atoms with Crippen molar-refractivity contribution in [3.05, 3.63) is 42.0 Å². The molecule has 1 aromatic carbocycles. The van der Waals surface area contributed by atoms with Gasteiger partial charge in [-0.2, -0.15) is 0 Å². The summed E-state index contributed by atoms with van der Waals surface area (Å²) in [6.45, 7) is 2.58. The summed E-state index contributed by atoms with van der Waals surface area (Å²) in [6, 6.07) is 9.67. The van der Waals surface area contributed by atoms with E-state index >= 15 is 0 Å². The van der Waals surface area contributed by atoms with E-state index in [4.69, 9.17) is 4.74 Å². The summed E-state index contributed by atoms with van der Waals surface area (Å²) < 4.78 is 5.80. The quantitative estimate of drug-likeness (QED) is 0.456. The lowest BCUT2D eigenvalue weighted by Gasteiger charge is -2.21. The molecule has 0 heterocycles. The number of ether oxygens (including phenoxy) is 1. The maximum atomic E-state index is 12.3. The smallest absolute Gasteiger partial charge is 0.307 e. The third-order valence-electron chi connectivity index (χ3n) is 5.79. The average molecular weight is 414 g/mol. The lowest BCUT2D eigenvalue weighted by Crippen LogP contribution is -2.27. The monoisotopic (exact) mass is 413 g/mol. The molecule has 4 nitrogen and oxygen atoms in total. The fourth-order valence-electron chi connectivity index (χ4n) is 4.04. The zero-order valence-corrected chi connectivity index (χ0v) is 18.6. The first-order valence-corrected chi connectivity index (χ1v) is 11.8. The van der Waals surface area contributed by atoms with E-state index in [9.17, 15) is 9.59 Å². The number of amides is 1. The van der Waals surface area contributed by atoms with E-state index in [1.165, 1.54) is 57.4 Å². The van der Waals surface area contributed by atoms with Gasteiger partial charge in [-0.05, 0) is 36.8 Å². The minimum Gasteiger partial charge on any atom is -0.462 e. The number of carbonyl (C=O) groups excluding carboxylic acids is 2. The standard InChI is InChI=1S/C26H39NO3/c1-22-13-9-6-4-2-3-5-7-12-16-24(21-22)30-26(29)19-20-27-25(28)18-17-23-14-10-8-11-15-23/h8,10-11,14-15,17-18,22,24H,2-7,9,12-13,16,19-21H2,1H3,(H,27,28)/b18-17+. The summed E-state index contributed by atoms with van der Waals surface area (Å²) in [4.78, 5) is 24.2.